The van der Waals surface area contributed by atoms with Crippen molar-refractivity contribution in [2.24, 2.45) is 11.1 Å². The average molecular weight is 396 g/mol. The highest BCUT2D eigenvalue weighted by atomic mass is 16.5. The number of piperidine rings is 1. The topological polar surface area (TPSA) is 67.6 Å². The third-order valence-corrected chi connectivity index (χ3v) is 5.94. The van der Waals surface area contributed by atoms with E-state index in [1.807, 2.05) is 12.1 Å². The number of hydrogen-bond donors (Lipinski definition) is 2. The molecule has 2 amide bonds. The van der Waals surface area contributed by atoms with Crippen LogP contribution < -0.4 is 11.1 Å². The van der Waals surface area contributed by atoms with Crippen LogP contribution in [-0.2, 0) is 17.7 Å². The first-order valence-electron chi connectivity index (χ1n) is 10.6. The second-order valence-electron chi connectivity index (χ2n) is 8.09. The summed E-state index contributed by atoms with van der Waals surface area (Å²) in [5.41, 5.74) is 8.84. The highest BCUT2D eigenvalue weighted by Crippen LogP contribution is 2.37. The molecular formula is C24H33N3O2. The molecule has 0 radical (unpaired) electrons. The van der Waals surface area contributed by atoms with Gasteiger partial charge in [-0.25, -0.2) is 4.79 Å². The van der Waals surface area contributed by atoms with Gasteiger partial charge in [0.2, 0.25) is 0 Å². The summed E-state index contributed by atoms with van der Waals surface area (Å²) in [4.78, 5) is 13.5. The van der Waals surface area contributed by atoms with E-state index >= 15 is 0 Å². The van der Waals surface area contributed by atoms with Crippen molar-refractivity contribution in [3.8, 4) is 0 Å². The van der Waals surface area contributed by atoms with Gasteiger partial charge in [0.1, 0.15) is 0 Å². The molecule has 0 saturated carbocycles. The first-order valence-corrected chi connectivity index (χ1v) is 10.6. The van der Waals surface area contributed by atoms with Gasteiger partial charge in [0.15, 0.2) is 0 Å². The summed E-state index contributed by atoms with van der Waals surface area (Å²) in [7, 11) is 0. The van der Waals surface area contributed by atoms with E-state index in [2.05, 4.69) is 59.6 Å². The summed E-state index contributed by atoms with van der Waals surface area (Å²) < 4.78 is 5.90. The Bertz CT molecular complexity index is 753. The van der Waals surface area contributed by atoms with Gasteiger partial charge in [-0.05, 0) is 74.4 Å². The highest BCUT2D eigenvalue weighted by Gasteiger charge is 2.34. The van der Waals surface area contributed by atoms with Gasteiger partial charge in [-0.3, -0.25) is 4.90 Å². The second-order valence-corrected chi connectivity index (χ2v) is 8.09. The Kier molecular flexibility index (Phi) is 7.67. The third-order valence-electron chi connectivity index (χ3n) is 5.94. The molecule has 5 heteroatoms. The molecular weight excluding hydrogens is 362 g/mol. The average Bonchev–Trinajstić information content (AvgIpc) is 2.74. The van der Waals surface area contributed by atoms with Gasteiger partial charge in [0.05, 0.1) is 6.61 Å². The fraction of sp³-hybridized carbons (Fsp3) is 0.458. The Hall–Kier alpha value is -2.37. The Balaban J connectivity index is 1.54. The number of nitrogens with two attached hydrogens (primary N) is 1. The number of ether oxygens (including phenoxy) is 1. The van der Waals surface area contributed by atoms with E-state index in [1.165, 1.54) is 30.4 Å². The number of nitrogens with zero attached hydrogens (tertiary/aromatic N) is 1. The number of anilines is 1. The smallest absolute Gasteiger partial charge is 0.316 e. The number of nitrogens with one attached hydrogen (secondary N) is 1. The summed E-state index contributed by atoms with van der Waals surface area (Å²) in [6, 6.07) is 18.2. The summed E-state index contributed by atoms with van der Waals surface area (Å²) in [6.45, 7) is 6.82. The molecule has 0 atom stereocenters. The molecule has 3 N–H and O–H groups in total. The van der Waals surface area contributed by atoms with Crippen LogP contribution in [0.2, 0.25) is 0 Å². The third kappa shape index (κ3) is 6.58. The predicted molar refractivity (Wildman–Crippen MR) is 118 cm³/mol. The molecule has 0 bridgehead atoms. The maximum Gasteiger partial charge on any atom is 0.316 e. The first-order chi connectivity index (χ1) is 14.1. The minimum absolute atomic E-state index is 0.275. The molecule has 0 aliphatic carbocycles. The zero-order chi connectivity index (χ0) is 20.5. The second kappa shape index (κ2) is 10.4. The highest BCUT2D eigenvalue weighted by molar-refractivity contribution is 5.87. The van der Waals surface area contributed by atoms with Crippen LogP contribution in [0.3, 0.4) is 0 Å². The van der Waals surface area contributed by atoms with Gasteiger partial charge in [-0.2, -0.15) is 0 Å². The molecule has 2 aromatic carbocycles. The number of likely N-dealkylation sites (tertiary alicyclic amines) is 1. The number of carbonyl (C=O) groups excluding carboxylic acids is 1. The number of amides is 2. The van der Waals surface area contributed by atoms with Crippen molar-refractivity contribution < 1.29 is 9.53 Å². The minimum Gasteiger partial charge on any atom is -0.381 e. The maximum absolute atomic E-state index is 10.9. The molecule has 1 aliphatic heterocycles. The number of primary amides is 1. The number of carbonyl (C=O) groups is 1. The molecule has 1 saturated heterocycles. The Morgan fingerprint density at radius 1 is 1.07 bits per heavy atom. The van der Waals surface area contributed by atoms with E-state index in [0.29, 0.717) is 0 Å². The molecule has 1 heterocycles. The van der Waals surface area contributed by atoms with Gasteiger partial charge in [0, 0.05) is 18.8 Å². The van der Waals surface area contributed by atoms with Crippen molar-refractivity contribution >= 4 is 11.7 Å². The summed E-state index contributed by atoms with van der Waals surface area (Å²) in [5.74, 6) is 0. The predicted octanol–water partition coefficient (Wildman–Crippen LogP) is 4.43. The normalized spacial score (nSPS) is 16.4. The van der Waals surface area contributed by atoms with E-state index in [0.717, 1.165) is 45.0 Å². The number of rotatable bonds is 9. The molecule has 29 heavy (non-hydrogen) atoms. The van der Waals surface area contributed by atoms with Crippen molar-refractivity contribution in [3.63, 3.8) is 0 Å². The van der Waals surface area contributed by atoms with Crippen molar-refractivity contribution in [1.82, 2.24) is 4.90 Å². The Morgan fingerprint density at radius 2 is 1.76 bits per heavy atom. The van der Waals surface area contributed by atoms with Gasteiger partial charge in [0.25, 0.3) is 0 Å². The van der Waals surface area contributed by atoms with Crippen molar-refractivity contribution in [1.29, 1.82) is 0 Å². The lowest BCUT2D eigenvalue weighted by molar-refractivity contribution is -0.00232. The fourth-order valence-corrected chi connectivity index (χ4v) is 4.12. The Morgan fingerprint density at radius 3 is 2.38 bits per heavy atom. The van der Waals surface area contributed by atoms with Crippen molar-refractivity contribution in [3.05, 3.63) is 65.7 Å². The summed E-state index contributed by atoms with van der Waals surface area (Å²) in [5, 5.41) is 2.60. The van der Waals surface area contributed by atoms with Crippen LogP contribution in [0.25, 0.3) is 0 Å². The van der Waals surface area contributed by atoms with Gasteiger partial charge < -0.3 is 15.8 Å². The van der Waals surface area contributed by atoms with Crippen LogP contribution in [0.4, 0.5) is 10.5 Å². The zero-order valence-electron chi connectivity index (χ0n) is 17.4. The van der Waals surface area contributed by atoms with E-state index in [1.54, 1.807) is 0 Å². The lowest BCUT2D eigenvalue weighted by atomic mass is 9.74. The van der Waals surface area contributed by atoms with Gasteiger partial charge in [-0.1, -0.05) is 42.5 Å². The number of benzene rings is 2. The van der Waals surface area contributed by atoms with Crippen LogP contribution in [0.15, 0.2) is 54.6 Å². The number of urea groups is 1. The SMILES string of the molecule is CCOCC1(CCc2ccccc2)CCN(Cc2ccc(NC(N)=O)cc2)CC1. The van der Waals surface area contributed by atoms with E-state index < -0.39 is 6.03 Å². The standard InChI is InChI=1S/C24H33N3O2/c1-2-29-19-24(13-12-20-6-4-3-5-7-20)14-16-27(17-15-24)18-21-8-10-22(11-9-21)26-23(25)28/h3-11H,2,12-19H2,1H3,(H3,25,26,28). The molecule has 1 aliphatic rings. The zero-order valence-corrected chi connectivity index (χ0v) is 17.4. The molecule has 0 aromatic heterocycles. The molecule has 0 unspecified atom stereocenters. The van der Waals surface area contributed by atoms with Gasteiger partial charge in [-0.15, -0.1) is 0 Å². The van der Waals surface area contributed by atoms with Crippen molar-refractivity contribution in [2.45, 2.75) is 39.2 Å². The van der Waals surface area contributed by atoms with Crippen LogP contribution in [0, 0.1) is 5.41 Å². The van der Waals surface area contributed by atoms with E-state index in [4.69, 9.17) is 10.5 Å². The molecule has 156 valence electrons. The van der Waals surface area contributed by atoms with Crippen LogP contribution in [-0.4, -0.2) is 37.2 Å². The fourth-order valence-electron chi connectivity index (χ4n) is 4.12. The molecule has 0 spiro atoms. The number of hydrogen-bond acceptors (Lipinski definition) is 3. The Labute approximate surface area is 174 Å². The molecule has 1 fully saturated rings. The van der Waals surface area contributed by atoms with Crippen LogP contribution in [0.1, 0.15) is 37.3 Å². The van der Waals surface area contributed by atoms with Gasteiger partial charge >= 0.3 is 6.03 Å². The van der Waals surface area contributed by atoms with E-state index in [9.17, 15) is 4.79 Å². The summed E-state index contributed by atoms with van der Waals surface area (Å²) in [6.07, 6.45) is 4.63. The van der Waals surface area contributed by atoms with Crippen LogP contribution >= 0.6 is 0 Å². The maximum atomic E-state index is 10.9. The lowest BCUT2D eigenvalue weighted by Crippen LogP contribution is -2.42. The lowest BCUT2D eigenvalue weighted by Gasteiger charge is -2.42. The largest absolute Gasteiger partial charge is 0.381 e. The van der Waals surface area contributed by atoms with Crippen molar-refractivity contribution in [2.75, 3.05) is 31.6 Å². The molecule has 3 rings (SSSR count). The first kappa shape index (κ1) is 21.3. The van der Waals surface area contributed by atoms with Crippen LogP contribution in [0.5, 0.6) is 0 Å². The monoisotopic (exact) mass is 395 g/mol. The van der Waals surface area contributed by atoms with E-state index in [-0.39, 0.29) is 5.41 Å². The molecule has 2 aromatic rings. The minimum atomic E-state index is -0.532. The summed E-state index contributed by atoms with van der Waals surface area (Å²) >= 11 is 0. The molecule has 5 nitrogen and oxygen atoms in total. The quantitative estimate of drug-likeness (QED) is 0.660. The number of aryl methyl sites for hydroxylation is 1.